The number of hydrogen-bond donors (Lipinski definition) is 1. The second-order valence-electron chi connectivity index (χ2n) is 3.78. The lowest BCUT2D eigenvalue weighted by Gasteiger charge is -2.25. The van der Waals surface area contributed by atoms with Crippen LogP contribution in [0.15, 0.2) is 0 Å². The van der Waals surface area contributed by atoms with Crippen molar-refractivity contribution in [3.05, 3.63) is 0 Å². The summed E-state index contributed by atoms with van der Waals surface area (Å²) in [5.74, 6) is -0.0528. The number of nitrogens with two attached hydrogens (primary N) is 1. The van der Waals surface area contributed by atoms with Crippen molar-refractivity contribution in [2.24, 2.45) is 5.73 Å². The Hall–Kier alpha value is -0.280. The molecule has 0 amide bonds. The van der Waals surface area contributed by atoms with Gasteiger partial charge in [0.2, 0.25) is 0 Å². The lowest BCUT2D eigenvalue weighted by atomic mass is 9.94. The molecule has 0 spiro atoms. The van der Waals surface area contributed by atoms with Gasteiger partial charge in [0.1, 0.15) is 6.10 Å². The van der Waals surface area contributed by atoms with Crippen LogP contribution in [0.1, 0.15) is 45.4 Å². The molecule has 2 N–H and O–H groups in total. The van der Waals surface area contributed by atoms with Gasteiger partial charge in [-0.05, 0) is 32.1 Å². The second kappa shape index (κ2) is 7.07. The first kappa shape index (κ1) is 13.7. The Balaban J connectivity index is 0.00000169. The third-order valence-corrected chi connectivity index (χ3v) is 2.47. The Morgan fingerprint density at radius 1 is 1.36 bits per heavy atom. The highest BCUT2D eigenvalue weighted by molar-refractivity contribution is 5.85. The number of ether oxygens (including phenoxy) is 1. The molecule has 1 aliphatic rings. The van der Waals surface area contributed by atoms with E-state index in [0.717, 1.165) is 32.1 Å². The van der Waals surface area contributed by atoms with E-state index in [4.69, 9.17) is 10.5 Å². The third kappa shape index (κ3) is 4.82. The van der Waals surface area contributed by atoms with Crippen molar-refractivity contribution < 1.29 is 9.53 Å². The molecule has 1 saturated carbocycles. The molecule has 0 saturated heterocycles. The first-order valence-corrected chi connectivity index (χ1v) is 5.17. The first-order chi connectivity index (χ1) is 6.22. The Morgan fingerprint density at radius 2 is 1.93 bits per heavy atom. The summed E-state index contributed by atoms with van der Waals surface area (Å²) in [6.45, 7) is 1.98. The zero-order chi connectivity index (χ0) is 9.68. The van der Waals surface area contributed by atoms with Gasteiger partial charge >= 0.3 is 5.97 Å². The predicted octanol–water partition coefficient (Wildman–Crippen LogP) is 2.02. The summed E-state index contributed by atoms with van der Waals surface area (Å²) in [5.41, 5.74) is 5.75. The van der Waals surface area contributed by atoms with Crippen LogP contribution >= 0.6 is 12.4 Å². The summed E-state index contributed by atoms with van der Waals surface area (Å²) >= 11 is 0. The van der Waals surface area contributed by atoms with Gasteiger partial charge in [-0.25, -0.2) is 0 Å². The molecule has 1 fully saturated rings. The molecule has 0 heterocycles. The minimum atomic E-state index is -0.0528. The fraction of sp³-hybridized carbons (Fsp3) is 0.900. The van der Waals surface area contributed by atoms with E-state index in [9.17, 15) is 4.79 Å². The fourth-order valence-corrected chi connectivity index (χ4v) is 1.66. The number of carbonyl (C=O) groups excluding carboxylic acids is 1. The molecule has 1 aliphatic carbocycles. The molecule has 0 unspecified atom stereocenters. The maximum atomic E-state index is 11.1. The van der Waals surface area contributed by atoms with Crippen LogP contribution in [0, 0.1) is 0 Å². The lowest BCUT2D eigenvalue weighted by molar-refractivity contribution is -0.150. The highest BCUT2D eigenvalue weighted by Gasteiger charge is 2.21. The first-order valence-electron chi connectivity index (χ1n) is 5.17. The minimum absolute atomic E-state index is 0. The van der Waals surface area contributed by atoms with Crippen molar-refractivity contribution in [2.75, 3.05) is 0 Å². The van der Waals surface area contributed by atoms with E-state index >= 15 is 0 Å². The van der Waals surface area contributed by atoms with Crippen LogP contribution in [0.2, 0.25) is 0 Å². The van der Waals surface area contributed by atoms with Crippen molar-refractivity contribution in [3.63, 3.8) is 0 Å². The SMILES string of the molecule is CCCC(=O)OC1CCC(N)CC1.Cl. The summed E-state index contributed by atoms with van der Waals surface area (Å²) in [6, 6.07) is 0.320. The lowest BCUT2D eigenvalue weighted by Crippen LogP contribution is -2.31. The Kier molecular flexibility index (Phi) is 6.93. The minimum Gasteiger partial charge on any atom is -0.462 e. The zero-order valence-electron chi connectivity index (χ0n) is 8.70. The highest BCUT2D eigenvalue weighted by Crippen LogP contribution is 2.20. The number of rotatable bonds is 3. The normalized spacial score (nSPS) is 26.4. The molecule has 84 valence electrons. The topological polar surface area (TPSA) is 52.3 Å². The molecule has 0 aromatic rings. The van der Waals surface area contributed by atoms with Crippen LogP contribution in [-0.4, -0.2) is 18.1 Å². The van der Waals surface area contributed by atoms with Gasteiger partial charge in [-0.15, -0.1) is 12.4 Å². The van der Waals surface area contributed by atoms with Gasteiger partial charge in [-0.2, -0.15) is 0 Å². The molecule has 0 aromatic heterocycles. The fourth-order valence-electron chi connectivity index (χ4n) is 1.66. The molecular formula is C10H20ClNO2. The standard InChI is InChI=1S/C10H19NO2.ClH/c1-2-3-10(12)13-9-6-4-8(11)5-7-9;/h8-9H,2-7,11H2,1H3;1H. The molecule has 0 radical (unpaired) electrons. The van der Waals surface area contributed by atoms with Crippen molar-refractivity contribution in [3.8, 4) is 0 Å². The summed E-state index contributed by atoms with van der Waals surface area (Å²) in [5, 5.41) is 0. The van der Waals surface area contributed by atoms with Gasteiger partial charge in [0.25, 0.3) is 0 Å². The molecule has 3 nitrogen and oxygen atoms in total. The number of hydrogen-bond acceptors (Lipinski definition) is 3. The Bertz CT molecular complexity index is 168. The van der Waals surface area contributed by atoms with E-state index in [2.05, 4.69) is 0 Å². The third-order valence-electron chi connectivity index (χ3n) is 2.47. The summed E-state index contributed by atoms with van der Waals surface area (Å²) in [4.78, 5) is 11.1. The number of carbonyl (C=O) groups is 1. The molecule has 0 aromatic carbocycles. The summed E-state index contributed by atoms with van der Waals surface area (Å²) in [6.07, 6.45) is 5.41. The van der Waals surface area contributed by atoms with Crippen LogP contribution in [0.3, 0.4) is 0 Å². The zero-order valence-corrected chi connectivity index (χ0v) is 9.52. The summed E-state index contributed by atoms with van der Waals surface area (Å²) in [7, 11) is 0. The Labute approximate surface area is 91.8 Å². The maximum Gasteiger partial charge on any atom is 0.306 e. The van der Waals surface area contributed by atoms with Crippen LogP contribution in [0.25, 0.3) is 0 Å². The van der Waals surface area contributed by atoms with E-state index in [1.807, 2.05) is 6.92 Å². The van der Waals surface area contributed by atoms with Crippen molar-refractivity contribution in [1.29, 1.82) is 0 Å². The van der Waals surface area contributed by atoms with Crippen LogP contribution in [0.5, 0.6) is 0 Å². The average molecular weight is 222 g/mol. The van der Waals surface area contributed by atoms with Crippen LogP contribution in [0.4, 0.5) is 0 Å². The second-order valence-corrected chi connectivity index (χ2v) is 3.78. The van der Waals surface area contributed by atoms with Gasteiger partial charge in [-0.3, -0.25) is 4.79 Å². The van der Waals surface area contributed by atoms with Gasteiger partial charge in [0, 0.05) is 12.5 Å². The van der Waals surface area contributed by atoms with E-state index in [1.165, 1.54) is 0 Å². The van der Waals surface area contributed by atoms with Gasteiger partial charge in [0.05, 0.1) is 0 Å². The van der Waals surface area contributed by atoms with E-state index in [-0.39, 0.29) is 24.5 Å². The molecule has 0 atom stereocenters. The van der Waals surface area contributed by atoms with Crippen molar-refractivity contribution >= 4 is 18.4 Å². The van der Waals surface area contributed by atoms with Crippen LogP contribution < -0.4 is 5.73 Å². The van der Waals surface area contributed by atoms with Gasteiger partial charge in [0.15, 0.2) is 0 Å². The molecule has 0 aliphatic heterocycles. The van der Waals surface area contributed by atoms with Gasteiger partial charge in [-0.1, -0.05) is 6.92 Å². The molecule has 1 rings (SSSR count). The average Bonchev–Trinajstić information content (AvgIpc) is 2.09. The van der Waals surface area contributed by atoms with Crippen molar-refractivity contribution in [2.45, 2.75) is 57.6 Å². The molecule has 4 heteroatoms. The maximum absolute atomic E-state index is 11.1. The van der Waals surface area contributed by atoms with Gasteiger partial charge < -0.3 is 10.5 Å². The monoisotopic (exact) mass is 221 g/mol. The van der Waals surface area contributed by atoms with E-state index in [1.54, 1.807) is 0 Å². The number of halogens is 1. The highest BCUT2D eigenvalue weighted by atomic mass is 35.5. The Morgan fingerprint density at radius 3 is 2.43 bits per heavy atom. The molecular weight excluding hydrogens is 202 g/mol. The molecule has 0 bridgehead atoms. The summed E-state index contributed by atoms with van der Waals surface area (Å²) < 4.78 is 5.29. The van der Waals surface area contributed by atoms with E-state index in [0.29, 0.717) is 12.5 Å². The van der Waals surface area contributed by atoms with Crippen molar-refractivity contribution in [1.82, 2.24) is 0 Å². The predicted molar refractivity (Wildman–Crippen MR) is 58.5 cm³/mol. The quantitative estimate of drug-likeness (QED) is 0.742. The molecule has 14 heavy (non-hydrogen) atoms. The van der Waals surface area contributed by atoms with E-state index < -0.39 is 0 Å². The smallest absolute Gasteiger partial charge is 0.306 e. The largest absolute Gasteiger partial charge is 0.462 e. The number of esters is 1. The van der Waals surface area contributed by atoms with Crippen LogP contribution in [-0.2, 0) is 9.53 Å².